The van der Waals surface area contributed by atoms with Crippen molar-refractivity contribution in [1.82, 2.24) is 4.90 Å². The SMILES string of the molecule is CC(C)(C)[C@@H]1C[C@@]2(CN)CC2N1C(C)(C)C. The van der Waals surface area contributed by atoms with Crippen LogP contribution in [0.1, 0.15) is 54.4 Å². The maximum atomic E-state index is 5.99. The number of hydrogen-bond donors (Lipinski definition) is 1. The third-order valence-electron chi connectivity index (χ3n) is 4.60. The highest BCUT2D eigenvalue weighted by Crippen LogP contribution is 2.63. The average Bonchev–Trinajstić information content (AvgIpc) is 2.68. The third-order valence-corrected chi connectivity index (χ3v) is 4.60. The molecule has 0 amide bonds. The van der Waals surface area contributed by atoms with Gasteiger partial charge >= 0.3 is 0 Å². The maximum absolute atomic E-state index is 5.99. The van der Waals surface area contributed by atoms with Gasteiger partial charge in [0, 0.05) is 23.0 Å². The van der Waals surface area contributed by atoms with Crippen molar-refractivity contribution in [3.05, 3.63) is 0 Å². The molecule has 94 valence electrons. The Balaban J connectivity index is 2.27. The summed E-state index contributed by atoms with van der Waals surface area (Å²) >= 11 is 0. The molecule has 0 bridgehead atoms. The summed E-state index contributed by atoms with van der Waals surface area (Å²) in [4.78, 5) is 2.75. The quantitative estimate of drug-likeness (QED) is 0.742. The number of fused-ring (bicyclic) bond motifs is 1. The summed E-state index contributed by atoms with van der Waals surface area (Å²) in [6.07, 6.45) is 2.63. The second-order valence-electron chi connectivity index (χ2n) is 7.95. The van der Waals surface area contributed by atoms with Gasteiger partial charge in [-0.05, 0) is 45.6 Å². The molecular weight excluding hydrogens is 196 g/mol. The minimum Gasteiger partial charge on any atom is -0.330 e. The van der Waals surface area contributed by atoms with Crippen LogP contribution in [0.3, 0.4) is 0 Å². The first-order valence-corrected chi connectivity index (χ1v) is 6.60. The van der Waals surface area contributed by atoms with E-state index in [0.717, 1.165) is 12.6 Å². The van der Waals surface area contributed by atoms with Crippen molar-refractivity contribution in [3.8, 4) is 0 Å². The molecule has 0 spiro atoms. The maximum Gasteiger partial charge on any atom is 0.0180 e. The molecule has 0 aromatic carbocycles. The van der Waals surface area contributed by atoms with Gasteiger partial charge in [-0.15, -0.1) is 0 Å². The van der Waals surface area contributed by atoms with Gasteiger partial charge in [0.2, 0.25) is 0 Å². The summed E-state index contributed by atoms with van der Waals surface area (Å²) in [5.41, 5.74) is 7.10. The fourth-order valence-corrected chi connectivity index (χ4v) is 3.60. The summed E-state index contributed by atoms with van der Waals surface area (Å²) < 4.78 is 0. The Kier molecular flexibility index (Phi) is 2.50. The van der Waals surface area contributed by atoms with E-state index in [1.54, 1.807) is 0 Å². The van der Waals surface area contributed by atoms with Crippen molar-refractivity contribution in [2.75, 3.05) is 6.54 Å². The van der Waals surface area contributed by atoms with Gasteiger partial charge in [-0.3, -0.25) is 4.90 Å². The molecule has 2 heteroatoms. The molecule has 2 fully saturated rings. The monoisotopic (exact) mass is 224 g/mol. The first-order chi connectivity index (χ1) is 7.12. The van der Waals surface area contributed by atoms with Gasteiger partial charge in [-0.2, -0.15) is 0 Å². The molecule has 1 saturated heterocycles. The summed E-state index contributed by atoms with van der Waals surface area (Å²) in [6.45, 7) is 15.0. The molecule has 3 atom stereocenters. The van der Waals surface area contributed by atoms with E-state index < -0.39 is 0 Å². The Bertz CT molecular complexity index is 284. The van der Waals surface area contributed by atoms with Crippen LogP contribution in [0.25, 0.3) is 0 Å². The first kappa shape index (κ1) is 12.4. The molecule has 1 aliphatic carbocycles. The van der Waals surface area contributed by atoms with Crippen molar-refractivity contribution >= 4 is 0 Å². The van der Waals surface area contributed by atoms with Gasteiger partial charge < -0.3 is 5.73 Å². The van der Waals surface area contributed by atoms with Crippen LogP contribution in [0.5, 0.6) is 0 Å². The largest absolute Gasteiger partial charge is 0.330 e. The van der Waals surface area contributed by atoms with Gasteiger partial charge in [0.1, 0.15) is 0 Å². The molecule has 1 heterocycles. The first-order valence-electron chi connectivity index (χ1n) is 6.60. The molecule has 2 aliphatic rings. The number of hydrogen-bond acceptors (Lipinski definition) is 2. The van der Waals surface area contributed by atoms with Crippen LogP contribution in [0, 0.1) is 10.8 Å². The highest BCUT2D eigenvalue weighted by molar-refractivity contribution is 5.20. The zero-order chi connectivity index (χ0) is 12.4. The van der Waals surface area contributed by atoms with Gasteiger partial charge in [0.15, 0.2) is 0 Å². The summed E-state index contributed by atoms with van der Waals surface area (Å²) in [5.74, 6) is 0. The van der Waals surface area contributed by atoms with Crippen molar-refractivity contribution in [3.63, 3.8) is 0 Å². The number of likely N-dealkylation sites (tertiary alicyclic amines) is 1. The van der Waals surface area contributed by atoms with Crippen molar-refractivity contribution < 1.29 is 0 Å². The van der Waals surface area contributed by atoms with E-state index in [1.165, 1.54) is 12.8 Å². The standard InChI is InChI=1S/C14H28N2/c1-12(2,3)10-7-14(9-15)8-11(14)16(10)13(4,5)6/h10-11H,7-9,15H2,1-6H3/t10-,11?,14-/m0/s1. The minimum absolute atomic E-state index is 0.274. The Morgan fingerprint density at radius 1 is 1.12 bits per heavy atom. The molecule has 1 unspecified atom stereocenters. The molecular formula is C14H28N2. The Hall–Kier alpha value is -0.0800. The van der Waals surface area contributed by atoms with Gasteiger partial charge in [0.05, 0.1) is 0 Å². The molecule has 2 nitrogen and oxygen atoms in total. The number of rotatable bonds is 1. The number of piperidine rings is 1. The van der Waals surface area contributed by atoms with Gasteiger partial charge in [-0.1, -0.05) is 20.8 Å². The minimum atomic E-state index is 0.274. The van der Waals surface area contributed by atoms with Crippen LogP contribution in [0.4, 0.5) is 0 Å². The Morgan fingerprint density at radius 3 is 2.00 bits per heavy atom. The predicted molar refractivity (Wildman–Crippen MR) is 69.3 cm³/mol. The van der Waals surface area contributed by atoms with Crippen LogP contribution >= 0.6 is 0 Å². The predicted octanol–water partition coefficient (Wildman–Crippen LogP) is 2.62. The van der Waals surface area contributed by atoms with Crippen molar-refractivity contribution in [2.45, 2.75) is 72.0 Å². The van der Waals surface area contributed by atoms with Crippen molar-refractivity contribution in [2.24, 2.45) is 16.6 Å². The lowest BCUT2D eigenvalue weighted by Gasteiger charge is -2.45. The molecule has 1 saturated carbocycles. The van der Waals surface area contributed by atoms with E-state index in [2.05, 4.69) is 46.4 Å². The van der Waals surface area contributed by atoms with Crippen LogP contribution in [0.2, 0.25) is 0 Å². The molecule has 16 heavy (non-hydrogen) atoms. The summed E-state index contributed by atoms with van der Waals surface area (Å²) in [5, 5.41) is 0. The van der Waals surface area contributed by atoms with E-state index in [-0.39, 0.29) is 5.54 Å². The molecule has 0 radical (unpaired) electrons. The fourth-order valence-electron chi connectivity index (χ4n) is 3.60. The lowest BCUT2D eigenvalue weighted by molar-refractivity contribution is 0.0362. The van der Waals surface area contributed by atoms with Crippen LogP contribution in [0.15, 0.2) is 0 Å². The fraction of sp³-hybridized carbons (Fsp3) is 1.00. The molecule has 0 aromatic rings. The normalized spacial score (nSPS) is 39.9. The summed E-state index contributed by atoms with van der Waals surface area (Å²) in [6, 6.07) is 1.44. The smallest absolute Gasteiger partial charge is 0.0180 e. The van der Waals surface area contributed by atoms with Crippen molar-refractivity contribution in [1.29, 1.82) is 0 Å². The second kappa shape index (κ2) is 3.23. The van der Waals surface area contributed by atoms with Crippen LogP contribution in [-0.2, 0) is 0 Å². The zero-order valence-electron chi connectivity index (χ0n) is 11.8. The third kappa shape index (κ3) is 1.70. The van der Waals surface area contributed by atoms with Gasteiger partial charge in [0.25, 0.3) is 0 Å². The molecule has 0 aromatic heterocycles. The van der Waals surface area contributed by atoms with E-state index in [0.29, 0.717) is 16.9 Å². The molecule has 2 rings (SSSR count). The van der Waals surface area contributed by atoms with Crippen LogP contribution in [-0.4, -0.2) is 29.1 Å². The van der Waals surface area contributed by atoms with E-state index in [4.69, 9.17) is 5.73 Å². The number of nitrogens with two attached hydrogens (primary N) is 1. The highest BCUT2D eigenvalue weighted by atomic mass is 15.3. The van der Waals surface area contributed by atoms with Crippen LogP contribution < -0.4 is 5.73 Å². The van der Waals surface area contributed by atoms with E-state index in [1.807, 2.05) is 0 Å². The highest BCUT2D eigenvalue weighted by Gasteiger charge is 2.66. The van der Waals surface area contributed by atoms with E-state index >= 15 is 0 Å². The average molecular weight is 224 g/mol. The Labute approximate surface area is 101 Å². The lowest BCUT2D eigenvalue weighted by Crippen LogP contribution is -2.51. The lowest BCUT2D eigenvalue weighted by atomic mass is 9.80. The second-order valence-corrected chi connectivity index (χ2v) is 7.95. The molecule has 2 N–H and O–H groups in total. The van der Waals surface area contributed by atoms with E-state index in [9.17, 15) is 0 Å². The topological polar surface area (TPSA) is 29.3 Å². The zero-order valence-corrected chi connectivity index (χ0v) is 11.8. The van der Waals surface area contributed by atoms with Gasteiger partial charge in [-0.25, -0.2) is 0 Å². The summed E-state index contributed by atoms with van der Waals surface area (Å²) in [7, 11) is 0. The Morgan fingerprint density at radius 2 is 1.69 bits per heavy atom. The molecule has 1 aliphatic heterocycles. The number of nitrogens with zero attached hydrogens (tertiary/aromatic N) is 1.